The second kappa shape index (κ2) is 9.32. The Morgan fingerprint density at radius 3 is 1.60 bits per heavy atom. The highest BCUT2D eigenvalue weighted by atomic mass is 123. The smallest absolute Gasteiger partial charge is 0.123 e. The predicted molar refractivity (Wildman–Crippen MR) is 113 cm³/mol. The third-order valence-corrected chi connectivity index (χ3v) is 8.78. The molecule has 0 saturated carbocycles. The van der Waals surface area contributed by atoms with Gasteiger partial charge in [-0.05, 0) is 36.4 Å². The van der Waals surface area contributed by atoms with Gasteiger partial charge in [-0.15, -0.1) is 0 Å². The van der Waals surface area contributed by atoms with Crippen LogP contribution >= 0.6 is 29.9 Å². The van der Waals surface area contributed by atoms with Gasteiger partial charge in [0.2, 0.25) is 0 Å². The van der Waals surface area contributed by atoms with Gasteiger partial charge in [0.25, 0.3) is 0 Å². The summed E-state index contributed by atoms with van der Waals surface area (Å²) in [6.07, 6.45) is 12.3. The van der Waals surface area contributed by atoms with Gasteiger partial charge in [-0.2, -0.15) is 0 Å². The molecule has 0 unspecified atom stereocenters. The number of hydrogen-bond acceptors (Lipinski definition) is 4. The van der Waals surface area contributed by atoms with Crippen LogP contribution in [0.5, 0.6) is 0 Å². The lowest BCUT2D eigenvalue weighted by Crippen LogP contribution is -2.35. The summed E-state index contributed by atoms with van der Waals surface area (Å²) in [5, 5.41) is 3.69. The molecule has 0 aliphatic heterocycles. The summed E-state index contributed by atoms with van der Waals surface area (Å²) in [6, 6.07) is 12.5. The molecule has 0 saturated heterocycles. The van der Waals surface area contributed by atoms with Crippen molar-refractivity contribution in [3.05, 3.63) is 73.6 Å². The summed E-state index contributed by atoms with van der Waals surface area (Å²) in [5.74, 6) is 0. The lowest BCUT2D eigenvalue weighted by Gasteiger charge is -2.26. The Morgan fingerprint density at radius 1 is 0.760 bits per heavy atom. The van der Waals surface area contributed by atoms with E-state index in [0.717, 1.165) is 17.2 Å². The Balaban J connectivity index is 2.13. The summed E-state index contributed by atoms with van der Waals surface area (Å²) in [7, 11) is -1.91. The van der Waals surface area contributed by atoms with Gasteiger partial charge in [-0.3, -0.25) is 15.0 Å². The molecule has 0 radical (unpaired) electrons. The van der Waals surface area contributed by atoms with E-state index in [4.69, 9.17) is 4.74 Å². The van der Waals surface area contributed by atoms with Crippen molar-refractivity contribution in [2.75, 3.05) is 23.8 Å². The van der Waals surface area contributed by atoms with Crippen molar-refractivity contribution in [1.82, 2.24) is 15.0 Å². The summed E-state index contributed by atoms with van der Waals surface area (Å²) >= 11 is 2.34. The Labute approximate surface area is 162 Å². The number of pyridine rings is 3. The quantitative estimate of drug-likeness (QED) is 0.225. The Bertz CT molecular complexity index is 663. The van der Waals surface area contributed by atoms with Gasteiger partial charge >= 0.3 is 0 Å². The van der Waals surface area contributed by atoms with Crippen LogP contribution in [-0.4, -0.2) is 38.8 Å². The van der Waals surface area contributed by atoms with Crippen molar-refractivity contribution in [1.29, 1.82) is 0 Å². The van der Waals surface area contributed by atoms with Crippen LogP contribution in [0.3, 0.4) is 0 Å². The molecule has 0 aromatic carbocycles. The summed E-state index contributed by atoms with van der Waals surface area (Å²) in [6.45, 7) is 1.48. The molecule has 0 aliphatic carbocycles. The van der Waals surface area contributed by atoms with Crippen LogP contribution in [0.15, 0.2) is 73.6 Å². The van der Waals surface area contributed by atoms with Crippen LogP contribution in [0.25, 0.3) is 0 Å². The molecule has 4 nitrogen and oxygen atoms in total. The fourth-order valence-corrected chi connectivity index (χ4v) is 7.13. The number of hydrogen-bond donors (Lipinski definition) is 0. The third kappa shape index (κ3) is 4.22. The van der Waals surface area contributed by atoms with E-state index in [1.54, 1.807) is 0 Å². The van der Waals surface area contributed by atoms with Crippen LogP contribution in [-0.2, 0) is 4.74 Å². The molecule has 0 bridgehead atoms. The number of nitrogens with zero attached hydrogens (tertiary/aromatic N) is 3. The average molecular weight is 460 g/mol. The Kier molecular flexibility index (Phi) is 6.84. The summed E-state index contributed by atoms with van der Waals surface area (Å²) in [4.78, 5) is 13.2. The van der Waals surface area contributed by atoms with Crippen molar-refractivity contribution in [3.63, 3.8) is 0 Å². The number of ether oxygens (including phenoxy) is 1. The van der Waals surface area contributed by atoms with Crippen molar-refractivity contribution in [3.8, 4) is 0 Å². The minimum atomic E-state index is -1.91. The van der Waals surface area contributed by atoms with E-state index in [1.807, 2.05) is 55.4 Å². The van der Waals surface area contributed by atoms with E-state index in [9.17, 15) is 0 Å². The van der Waals surface area contributed by atoms with Crippen LogP contribution in [0.4, 0.5) is 0 Å². The maximum absolute atomic E-state index is 5.86. The Morgan fingerprint density at radius 2 is 1.24 bits per heavy atom. The molecule has 3 aromatic heterocycles. The first kappa shape index (κ1) is 18.4. The molecule has 128 valence electrons. The van der Waals surface area contributed by atoms with Gasteiger partial charge in [0.15, 0.2) is 0 Å². The molecule has 25 heavy (non-hydrogen) atoms. The van der Waals surface area contributed by atoms with Gasteiger partial charge in [0.05, 0.1) is 38.0 Å². The fourth-order valence-electron chi connectivity index (χ4n) is 2.93. The summed E-state index contributed by atoms with van der Waals surface area (Å²) < 4.78 is 6.86. The first-order chi connectivity index (χ1) is 12.4. The normalized spacial score (nSPS) is 11.4. The molecular formula is C19H20IN3OP+. The Hall–Kier alpha value is -1.43. The maximum atomic E-state index is 5.86. The first-order valence-electron chi connectivity index (χ1n) is 8.11. The number of aromatic nitrogens is 3. The van der Waals surface area contributed by atoms with Gasteiger partial charge in [0, 0.05) is 23.0 Å². The predicted octanol–water partition coefficient (Wildman–Crippen LogP) is 2.62. The van der Waals surface area contributed by atoms with Crippen molar-refractivity contribution < 1.29 is 4.74 Å². The highest BCUT2D eigenvalue weighted by Crippen LogP contribution is 2.54. The van der Waals surface area contributed by atoms with E-state index in [2.05, 4.69) is 55.7 Å². The molecule has 0 spiro atoms. The first-order valence-corrected chi connectivity index (χ1v) is 11.6. The molecule has 3 rings (SSSR count). The van der Waals surface area contributed by atoms with Crippen LogP contribution < -0.4 is 15.9 Å². The highest BCUT2D eigenvalue weighted by Gasteiger charge is 2.45. The van der Waals surface area contributed by atoms with Gasteiger partial charge in [0.1, 0.15) is 23.2 Å². The van der Waals surface area contributed by atoms with E-state index in [1.165, 1.54) is 15.9 Å². The molecule has 0 N–H and O–H groups in total. The number of halogens is 1. The zero-order valence-electron chi connectivity index (χ0n) is 13.8. The standard InChI is InChI=1S/C19H20IN3OP/c20-7-11-24-12-13-25(17-4-1-8-21-14-17,18-5-2-9-22-15-18)19-6-3-10-23-16-19/h1-6,8-10,14-16H,7,11-13H2/q+1/i20-4. The molecule has 3 heterocycles. The van der Waals surface area contributed by atoms with E-state index in [0.29, 0.717) is 6.61 Å². The maximum Gasteiger partial charge on any atom is 0.123 e. The summed E-state index contributed by atoms with van der Waals surface area (Å²) in [5.41, 5.74) is 0. The average Bonchev–Trinajstić information content (AvgIpc) is 2.70. The van der Waals surface area contributed by atoms with Crippen molar-refractivity contribution in [2.45, 2.75) is 0 Å². The lowest BCUT2D eigenvalue weighted by atomic mass is 10.5. The second-order valence-electron chi connectivity index (χ2n) is 5.47. The van der Waals surface area contributed by atoms with Crippen LogP contribution in [0.1, 0.15) is 0 Å². The topological polar surface area (TPSA) is 47.9 Å². The van der Waals surface area contributed by atoms with Crippen LogP contribution in [0.2, 0.25) is 0 Å². The molecule has 0 fully saturated rings. The second-order valence-corrected chi connectivity index (χ2v) is 10.2. The van der Waals surface area contributed by atoms with Crippen LogP contribution in [0, 0.1) is 0 Å². The van der Waals surface area contributed by atoms with Crippen molar-refractivity contribution >= 4 is 45.8 Å². The SMILES string of the molecule is [123I]CCOCC[P+](c1cccnc1)(c1cccnc1)c1cccnc1. The zero-order chi connectivity index (χ0) is 17.4. The molecule has 6 heteroatoms. The molecule has 0 amide bonds. The number of rotatable bonds is 8. The third-order valence-electron chi connectivity index (χ3n) is 4.05. The molecular weight excluding hydrogens is 440 g/mol. The van der Waals surface area contributed by atoms with Gasteiger partial charge < -0.3 is 4.74 Å². The highest BCUT2D eigenvalue weighted by molar-refractivity contribution is 14.1. The largest absolute Gasteiger partial charge is 0.377 e. The van der Waals surface area contributed by atoms with E-state index >= 15 is 0 Å². The fraction of sp³-hybridized carbons (Fsp3) is 0.211. The minimum absolute atomic E-state index is 0.704. The molecule has 0 atom stereocenters. The molecule has 3 aromatic rings. The van der Waals surface area contributed by atoms with Gasteiger partial charge in [-0.1, -0.05) is 22.6 Å². The molecule has 0 aliphatic rings. The van der Waals surface area contributed by atoms with E-state index in [-0.39, 0.29) is 0 Å². The monoisotopic (exact) mass is 460 g/mol. The van der Waals surface area contributed by atoms with Gasteiger partial charge in [-0.25, -0.2) is 0 Å². The number of alkyl halides is 1. The lowest BCUT2D eigenvalue weighted by molar-refractivity contribution is 0.168. The minimum Gasteiger partial charge on any atom is -0.377 e. The van der Waals surface area contributed by atoms with Crippen molar-refractivity contribution in [2.24, 2.45) is 0 Å². The van der Waals surface area contributed by atoms with E-state index < -0.39 is 7.26 Å². The zero-order valence-corrected chi connectivity index (χ0v) is 16.9.